The highest BCUT2D eigenvalue weighted by Crippen LogP contribution is 2.48. The predicted octanol–water partition coefficient (Wildman–Crippen LogP) is 18.7. The van der Waals surface area contributed by atoms with Gasteiger partial charge in [0.05, 0.1) is 28.1 Å². The molecular formula is C66H54N2. The molecule has 0 fully saturated rings. The summed E-state index contributed by atoms with van der Waals surface area (Å²) in [6, 6.07) is 81.2. The summed E-state index contributed by atoms with van der Waals surface area (Å²) in [4.78, 5) is 2.48. The van der Waals surface area contributed by atoms with Crippen molar-refractivity contribution in [2.45, 2.75) is 52.4 Å². The predicted molar refractivity (Wildman–Crippen MR) is 293 cm³/mol. The van der Waals surface area contributed by atoms with E-state index in [0.717, 1.165) is 17.1 Å². The smallest absolute Gasteiger partial charge is 0.0541 e. The number of rotatable bonds is 7. The molecule has 2 heteroatoms. The first-order valence-corrected chi connectivity index (χ1v) is 24.0. The lowest BCUT2D eigenvalue weighted by molar-refractivity contribution is 0.590. The van der Waals surface area contributed by atoms with E-state index >= 15 is 0 Å². The van der Waals surface area contributed by atoms with Gasteiger partial charge in [-0.2, -0.15) is 0 Å². The highest BCUT2D eigenvalue weighted by Gasteiger charge is 2.25. The monoisotopic (exact) mass is 874 g/mol. The SMILES string of the molecule is CC(C)(C)c1ccc2c(c1)c1cc(C(C)(C)C)ccc1n2-c1ccc2ccc3c(N(c4ccc(-c5ccccc5-c5ccccc5)cc4)c4ccccc4-c4ccccc4)ccc4ccc1c2c43. The third-order valence-corrected chi connectivity index (χ3v) is 14.3. The molecule has 0 aliphatic rings. The first kappa shape index (κ1) is 41.5. The molecule has 12 aromatic rings. The Hall–Kier alpha value is -7.94. The topological polar surface area (TPSA) is 8.17 Å². The lowest BCUT2D eigenvalue weighted by atomic mass is 9.85. The number of anilines is 3. The molecule has 0 aliphatic carbocycles. The Morgan fingerprint density at radius 1 is 0.338 bits per heavy atom. The van der Waals surface area contributed by atoms with Crippen LogP contribution in [0.1, 0.15) is 52.7 Å². The number of hydrogen-bond acceptors (Lipinski definition) is 1. The Bertz CT molecular complexity index is 3770. The van der Waals surface area contributed by atoms with Crippen LogP contribution >= 0.6 is 0 Å². The van der Waals surface area contributed by atoms with E-state index in [1.807, 2.05) is 0 Å². The summed E-state index contributed by atoms with van der Waals surface area (Å²) >= 11 is 0. The fraction of sp³-hybridized carbons (Fsp3) is 0.121. The number of aromatic nitrogens is 1. The number of para-hydroxylation sites is 1. The number of hydrogen-bond donors (Lipinski definition) is 0. The van der Waals surface area contributed by atoms with Crippen molar-refractivity contribution in [3.8, 4) is 39.1 Å². The number of fused-ring (bicyclic) bond motifs is 3. The average Bonchev–Trinajstić information content (AvgIpc) is 3.69. The molecule has 12 rings (SSSR count). The van der Waals surface area contributed by atoms with Crippen LogP contribution in [0.5, 0.6) is 0 Å². The molecule has 0 radical (unpaired) electrons. The van der Waals surface area contributed by atoms with Crippen LogP contribution < -0.4 is 4.90 Å². The minimum absolute atomic E-state index is 0.0281. The molecular weight excluding hydrogens is 821 g/mol. The Labute approximate surface area is 399 Å². The van der Waals surface area contributed by atoms with Crippen molar-refractivity contribution >= 4 is 71.2 Å². The van der Waals surface area contributed by atoms with Gasteiger partial charge >= 0.3 is 0 Å². The van der Waals surface area contributed by atoms with Crippen molar-refractivity contribution in [1.82, 2.24) is 4.57 Å². The molecule has 11 aromatic carbocycles. The molecule has 2 nitrogen and oxygen atoms in total. The normalized spacial score (nSPS) is 12.3. The van der Waals surface area contributed by atoms with Gasteiger partial charge in [-0.15, -0.1) is 0 Å². The summed E-state index contributed by atoms with van der Waals surface area (Å²) in [5.41, 5.74) is 17.0. The minimum atomic E-state index is 0.0281. The van der Waals surface area contributed by atoms with Crippen LogP contribution in [0.25, 0.3) is 93.2 Å². The van der Waals surface area contributed by atoms with Crippen LogP contribution in [-0.4, -0.2) is 4.57 Å². The van der Waals surface area contributed by atoms with E-state index in [1.165, 1.54) is 104 Å². The van der Waals surface area contributed by atoms with Gasteiger partial charge in [0.1, 0.15) is 0 Å². The minimum Gasteiger partial charge on any atom is -0.309 e. The van der Waals surface area contributed by atoms with Crippen molar-refractivity contribution in [3.05, 3.63) is 230 Å². The quantitative estimate of drug-likeness (QED) is 0.145. The molecule has 0 spiro atoms. The largest absolute Gasteiger partial charge is 0.309 e. The van der Waals surface area contributed by atoms with Crippen molar-refractivity contribution < 1.29 is 0 Å². The Morgan fingerprint density at radius 2 is 0.794 bits per heavy atom. The fourth-order valence-electron chi connectivity index (χ4n) is 10.7. The lowest BCUT2D eigenvalue weighted by Crippen LogP contribution is -2.12. The molecule has 68 heavy (non-hydrogen) atoms. The molecule has 0 amide bonds. The summed E-state index contributed by atoms with van der Waals surface area (Å²) in [5, 5.41) is 10.1. The van der Waals surface area contributed by atoms with Gasteiger partial charge in [0.15, 0.2) is 0 Å². The maximum atomic E-state index is 2.52. The van der Waals surface area contributed by atoms with Crippen molar-refractivity contribution in [3.63, 3.8) is 0 Å². The second kappa shape index (κ2) is 15.9. The molecule has 1 aromatic heterocycles. The van der Waals surface area contributed by atoms with E-state index in [4.69, 9.17) is 0 Å². The summed E-state index contributed by atoms with van der Waals surface area (Å²) < 4.78 is 2.52. The molecule has 0 N–H and O–H groups in total. The van der Waals surface area contributed by atoms with Crippen LogP contribution in [-0.2, 0) is 10.8 Å². The third kappa shape index (κ3) is 6.86. The fourth-order valence-corrected chi connectivity index (χ4v) is 10.7. The van der Waals surface area contributed by atoms with E-state index in [2.05, 4.69) is 269 Å². The molecule has 0 saturated carbocycles. The second-order valence-corrected chi connectivity index (χ2v) is 20.6. The van der Waals surface area contributed by atoms with Crippen LogP contribution in [0.4, 0.5) is 17.1 Å². The van der Waals surface area contributed by atoms with Gasteiger partial charge in [-0.1, -0.05) is 205 Å². The van der Waals surface area contributed by atoms with Gasteiger partial charge in [-0.3, -0.25) is 0 Å². The zero-order chi connectivity index (χ0) is 46.3. The van der Waals surface area contributed by atoms with Crippen LogP contribution in [0.3, 0.4) is 0 Å². The Morgan fingerprint density at radius 3 is 1.37 bits per heavy atom. The zero-order valence-electron chi connectivity index (χ0n) is 39.7. The highest BCUT2D eigenvalue weighted by molar-refractivity contribution is 6.27. The second-order valence-electron chi connectivity index (χ2n) is 20.6. The standard InChI is InChI=1S/C66H54N2/c1-65(2,3)48-31-39-61-56(41-48)57-42-49(66(4,5)6)32-40-62(57)68(61)60-38-30-47-27-35-54-59(37-29-46-28-36-55(60)64(47)63(46)54)67(58-24-16-15-23-53(58)44-19-11-8-12-20-44)50-33-25-45(26-34-50)52-22-14-13-21-51(52)43-17-9-7-10-18-43/h7-42H,1-6H3. The van der Waals surface area contributed by atoms with Gasteiger partial charge in [-0.25, -0.2) is 0 Å². The highest BCUT2D eigenvalue weighted by atomic mass is 15.1. The molecule has 328 valence electrons. The van der Waals surface area contributed by atoms with Crippen molar-refractivity contribution in [1.29, 1.82) is 0 Å². The first-order chi connectivity index (χ1) is 33.0. The Kier molecular flexibility index (Phi) is 9.67. The first-order valence-electron chi connectivity index (χ1n) is 24.0. The van der Waals surface area contributed by atoms with Gasteiger partial charge in [0, 0.05) is 32.8 Å². The van der Waals surface area contributed by atoms with E-state index in [0.29, 0.717) is 0 Å². The van der Waals surface area contributed by atoms with Crippen LogP contribution in [0.15, 0.2) is 218 Å². The molecule has 0 atom stereocenters. The van der Waals surface area contributed by atoms with E-state index in [1.54, 1.807) is 0 Å². The Balaban J connectivity index is 1.09. The summed E-state index contributed by atoms with van der Waals surface area (Å²) in [5.74, 6) is 0. The molecule has 0 bridgehead atoms. The zero-order valence-corrected chi connectivity index (χ0v) is 39.7. The maximum Gasteiger partial charge on any atom is 0.0541 e. The van der Waals surface area contributed by atoms with Gasteiger partial charge in [0.2, 0.25) is 0 Å². The van der Waals surface area contributed by atoms with E-state index in [-0.39, 0.29) is 10.8 Å². The van der Waals surface area contributed by atoms with Gasteiger partial charge < -0.3 is 9.47 Å². The maximum absolute atomic E-state index is 2.52. The summed E-state index contributed by atoms with van der Waals surface area (Å²) in [6.45, 7) is 13.9. The summed E-state index contributed by atoms with van der Waals surface area (Å²) in [6.07, 6.45) is 0. The van der Waals surface area contributed by atoms with Crippen LogP contribution in [0, 0.1) is 0 Å². The van der Waals surface area contributed by atoms with Crippen molar-refractivity contribution in [2.24, 2.45) is 0 Å². The van der Waals surface area contributed by atoms with Crippen molar-refractivity contribution in [2.75, 3.05) is 4.90 Å². The molecule has 0 aliphatic heterocycles. The lowest BCUT2D eigenvalue weighted by Gasteiger charge is -2.30. The molecule has 1 heterocycles. The van der Waals surface area contributed by atoms with E-state index < -0.39 is 0 Å². The van der Waals surface area contributed by atoms with Gasteiger partial charge in [0.25, 0.3) is 0 Å². The summed E-state index contributed by atoms with van der Waals surface area (Å²) in [7, 11) is 0. The number of nitrogens with zero attached hydrogens (tertiary/aromatic N) is 2. The van der Waals surface area contributed by atoms with Crippen LogP contribution in [0.2, 0.25) is 0 Å². The number of benzene rings is 11. The molecule has 0 saturated heterocycles. The van der Waals surface area contributed by atoms with E-state index in [9.17, 15) is 0 Å². The van der Waals surface area contributed by atoms with Gasteiger partial charge in [-0.05, 0) is 126 Å². The third-order valence-electron chi connectivity index (χ3n) is 14.3. The molecule has 0 unspecified atom stereocenters. The average molecular weight is 875 g/mol.